The summed E-state index contributed by atoms with van der Waals surface area (Å²) in [5.74, 6) is 0. The number of nitrogens with zero attached hydrogens (tertiary/aromatic N) is 2. The van der Waals surface area contributed by atoms with Crippen LogP contribution in [0.3, 0.4) is 0 Å². The molecule has 2 aromatic rings. The van der Waals surface area contributed by atoms with Gasteiger partial charge in [0.2, 0.25) is 0 Å². The van der Waals surface area contributed by atoms with Gasteiger partial charge >= 0.3 is 11.4 Å². The average molecular weight is 253 g/mol. The molecule has 17 heavy (non-hydrogen) atoms. The zero-order valence-corrected chi connectivity index (χ0v) is 9.05. The quantitative estimate of drug-likeness (QED) is 0.606. The standard InChI is InChI=1S/C10H5ClN2O4/c11-9-7-4-2-1-3-6(7)5-8(12(14)15)10(9)13(16)17/h1-5H. The van der Waals surface area contributed by atoms with Gasteiger partial charge in [0.05, 0.1) is 9.85 Å². The van der Waals surface area contributed by atoms with Crippen LogP contribution in [0.15, 0.2) is 30.3 Å². The summed E-state index contributed by atoms with van der Waals surface area (Å²) in [6.07, 6.45) is 0. The third kappa shape index (κ3) is 1.78. The summed E-state index contributed by atoms with van der Waals surface area (Å²) in [7, 11) is 0. The molecule has 0 fully saturated rings. The van der Waals surface area contributed by atoms with Crippen LogP contribution in [0.4, 0.5) is 11.4 Å². The van der Waals surface area contributed by atoms with Gasteiger partial charge in [0.25, 0.3) is 0 Å². The number of hydrogen-bond donors (Lipinski definition) is 0. The molecular formula is C10H5ClN2O4. The third-order valence-corrected chi connectivity index (χ3v) is 2.70. The maximum Gasteiger partial charge on any atom is 0.365 e. The fourth-order valence-electron chi connectivity index (χ4n) is 1.59. The molecule has 0 spiro atoms. The van der Waals surface area contributed by atoms with Gasteiger partial charge in [-0.3, -0.25) is 20.2 Å². The Bertz CT molecular complexity index is 641. The largest absolute Gasteiger partial charge is 0.365 e. The summed E-state index contributed by atoms with van der Waals surface area (Å²) in [4.78, 5) is 19.9. The van der Waals surface area contributed by atoms with E-state index in [4.69, 9.17) is 11.6 Å². The molecule has 86 valence electrons. The van der Waals surface area contributed by atoms with Gasteiger partial charge in [-0.15, -0.1) is 0 Å². The van der Waals surface area contributed by atoms with Gasteiger partial charge in [0.15, 0.2) is 0 Å². The minimum absolute atomic E-state index is 0.209. The van der Waals surface area contributed by atoms with Gasteiger partial charge in [-0.05, 0) is 5.39 Å². The lowest BCUT2D eigenvalue weighted by Gasteiger charge is -2.02. The summed E-state index contributed by atoms with van der Waals surface area (Å²) in [5, 5.41) is 22.3. The Kier molecular flexibility index (Phi) is 2.64. The van der Waals surface area contributed by atoms with Crippen molar-refractivity contribution in [2.75, 3.05) is 0 Å². The number of halogens is 1. The maximum atomic E-state index is 10.8. The van der Waals surface area contributed by atoms with Crippen molar-refractivity contribution in [3.05, 3.63) is 55.6 Å². The molecule has 0 aromatic heterocycles. The Balaban J connectivity index is 2.94. The zero-order chi connectivity index (χ0) is 12.6. The second-order valence-corrected chi connectivity index (χ2v) is 3.67. The van der Waals surface area contributed by atoms with Crippen molar-refractivity contribution < 1.29 is 9.85 Å². The third-order valence-electron chi connectivity index (χ3n) is 2.32. The average Bonchev–Trinajstić information content (AvgIpc) is 2.28. The smallest absolute Gasteiger partial charge is 0.258 e. The van der Waals surface area contributed by atoms with Crippen LogP contribution in [0.25, 0.3) is 10.8 Å². The molecule has 0 aliphatic carbocycles. The minimum atomic E-state index is -0.840. The van der Waals surface area contributed by atoms with E-state index in [1.165, 1.54) is 0 Å². The molecule has 6 nitrogen and oxygen atoms in total. The first-order chi connectivity index (χ1) is 8.02. The Hall–Kier alpha value is -2.21. The van der Waals surface area contributed by atoms with Gasteiger partial charge in [-0.2, -0.15) is 0 Å². The molecule has 0 atom stereocenters. The van der Waals surface area contributed by atoms with Crippen molar-refractivity contribution in [2.45, 2.75) is 0 Å². The lowest BCUT2D eigenvalue weighted by atomic mass is 10.1. The van der Waals surface area contributed by atoms with E-state index in [2.05, 4.69) is 0 Å². The minimum Gasteiger partial charge on any atom is -0.258 e. The number of fused-ring (bicyclic) bond motifs is 1. The summed E-state index contributed by atoms with van der Waals surface area (Å²) >= 11 is 5.84. The van der Waals surface area contributed by atoms with Gasteiger partial charge in [0.1, 0.15) is 5.02 Å². The molecule has 0 aliphatic rings. The number of hydrogen-bond acceptors (Lipinski definition) is 4. The van der Waals surface area contributed by atoms with Crippen LogP contribution in [0.1, 0.15) is 0 Å². The van der Waals surface area contributed by atoms with Crippen molar-refractivity contribution in [3.63, 3.8) is 0 Å². The number of rotatable bonds is 2. The highest BCUT2D eigenvalue weighted by Gasteiger charge is 2.29. The van der Waals surface area contributed by atoms with E-state index in [0.29, 0.717) is 10.8 Å². The van der Waals surface area contributed by atoms with Crippen molar-refractivity contribution in [2.24, 2.45) is 0 Å². The zero-order valence-electron chi connectivity index (χ0n) is 8.29. The molecule has 2 rings (SSSR count). The highest BCUT2D eigenvalue weighted by Crippen LogP contribution is 2.40. The highest BCUT2D eigenvalue weighted by molar-refractivity contribution is 6.38. The van der Waals surface area contributed by atoms with Gasteiger partial charge < -0.3 is 0 Å². The van der Waals surface area contributed by atoms with Gasteiger partial charge in [-0.25, -0.2) is 0 Å². The normalized spacial score (nSPS) is 10.4. The first-order valence-electron chi connectivity index (χ1n) is 4.52. The van der Waals surface area contributed by atoms with Crippen LogP contribution in [0.2, 0.25) is 5.02 Å². The van der Waals surface area contributed by atoms with E-state index in [0.717, 1.165) is 6.07 Å². The van der Waals surface area contributed by atoms with Crippen molar-refractivity contribution >= 4 is 33.7 Å². The van der Waals surface area contributed by atoms with Crippen molar-refractivity contribution in [3.8, 4) is 0 Å². The van der Waals surface area contributed by atoms with Crippen LogP contribution in [-0.2, 0) is 0 Å². The molecule has 0 N–H and O–H groups in total. The van der Waals surface area contributed by atoms with Gasteiger partial charge in [0, 0.05) is 11.5 Å². The molecule has 0 bridgehead atoms. The maximum absolute atomic E-state index is 10.8. The van der Waals surface area contributed by atoms with Crippen LogP contribution in [0, 0.1) is 20.2 Å². The fourth-order valence-corrected chi connectivity index (χ4v) is 1.93. The molecule has 0 amide bonds. The predicted octanol–water partition coefficient (Wildman–Crippen LogP) is 3.31. The molecule has 0 heterocycles. The van der Waals surface area contributed by atoms with E-state index in [1.54, 1.807) is 24.3 Å². The molecule has 0 unspecified atom stereocenters. The van der Waals surface area contributed by atoms with Crippen LogP contribution in [-0.4, -0.2) is 9.85 Å². The summed E-state index contributed by atoms with van der Waals surface area (Å²) < 4.78 is 0. The van der Waals surface area contributed by atoms with E-state index in [-0.39, 0.29) is 5.02 Å². The van der Waals surface area contributed by atoms with E-state index < -0.39 is 21.2 Å². The molecule has 0 saturated heterocycles. The lowest BCUT2D eigenvalue weighted by molar-refractivity contribution is -0.422. The summed E-state index contributed by atoms with van der Waals surface area (Å²) in [5.41, 5.74) is -1.27. The summed E-state index contributed by atoms with van der Waals surface area (Å²) in [6, 6.07) is 7.67. The second-order valence-electron chi connectivity index (χ2n) is 3.29. The topological polar surface area (TPSA) is 86.3 Å². The molecule has 7 heteroatoms. The summed E-state index contributed by atoms with van der Waals surface area (Å²) in [6.45, 7) is 0. The molecule has 2 aromatic carbocycles. The van der Waals surface area contributed by atoms with Gasteiger partial charge in [-0.1, -0.05) is 35.9 Å². The van der Waals surface area contributed by atoms with Crippen LogP contribution in [0.5, 0.6) is 0 Å². The Morgan fingerprint density at radius 1 is 1.06 bits per heavy atom. The second kappa shape index (κ2) is 3.99. The monoisotopic (exact) mass is 252 g/mol. The Morgan fingerprint density at radius 3 is 2.29 bits per heavy atom. The predicted molar refractivity (Wildman–Crippen MR) is 62.3 cm³/mol. The number of nitro groups is 2. The molecule has 0 saturated carbocycles. The number of nitro benzene ring substituents is 2. The van der Waals surface area contributed by atoms with Crippen molar-refractivity contribution in [1.82, 2.24) is 0 Å². The SMILES string of the molecule is O=[N+]([O-])c1cc2ccccc2c(Cl)c1[N+](=O)[O-]. The highest BCUT2D eigenvalue weighted by atomic mass is 35.5. The van der Waals surface area contributed by atoms with E-state index in [1.807, 2.05) is 0 Å². The lowest BCUT2D eigenvalue weighted by Crippen LogP contribution is -1.97. The Morgan fingerprint density at radius 2 is 1.71 bits per heavy atom. The van der Waals surface area contributed by atoms with Crippen molar-refractivity contribution in [1.29, 1.82) is 0 Å². The number of benzene rings is 2. The first-order valence-corrected chi connectivity index (χ1v) is 4.90. The van der Waals surface area contributed by atoms with E-state index >= 15 is 0 Å². The molecule has 0 aliphatic heterocycles. The first kappa shape index (κ1) is 11.3. The van der Waals surface area contributed by atoms with E-state index in [9.17, 15) is 20.2 Å². The Labute approximate surface area is 99.7 Å². The van der Waals surface area contributed by atoms with Crippen LogP contribution < -0.4 is 0 Å². The van der Waals surface area contributed by atoms with Crippen LogP contribution >= 0.6 is 11.6 Å². The fraction of sp³-hybridized carbons (Fsp3) is 0. The molecular weight excluding hydrogens is 248 g/mol. The molecule has 0 radical (unpaired) electrons.